The first-order chi connectivity index (χ1) is 12.0. The molecule has 132 valence electrons. The topological polar surface area (TPSA) is 58.6 Å². The number of carbonyl (C=O) groups excluding carboxylic acids is 2. The monoisotopic (exact) mass is 340 g/mol. The molecule has 0 aliphatic rings. The van der Waals surface area contributed by atoms with Gasteiger partial charge in [-0.2, -0.15) is 0 Å². The summed E-state index contributed by atoms with van der Waals surface area (Å²) in [5.41, 5.74) is 2.75. The highest BCUT2D eigenvalue weighted by molar-refractivity contribution is 5.95. The summed E-state index contributed by atoms with van der Waals surface area (Å²) in [5, 5.41) is 2.82. The number of rotatable bonds is 7. The lowest BCUT2D eigenvalue weighted by Crippen LogP contribution is -2.36. The average Bonchev–Trinajstić information content (AvgIpc) is 2.58. The number of hydrogen-bond acceptors (Lipinski definition) is 3. The highest BCUT2D eigenvalue weighted by Gasteiger charge is 2.15. The minimum Gasteiger partial charge on any atom is -0.492 e. The van der Waals surface area contributed by atoms with Gasteiger partial charge >= 0.3 is 0 Å². The molecule has 0 heterocycles. The fourth-order valence-corrected chi connectivity index (χ4v) is 2.41. The Hall–Kier alpha value is -2.82. The van der Waals surface area contributed by atoms with Crippen molar-refractivity contribution < 1.29 is 14.3 Å². The van der Waals surface area contributed by atoms with E-state index in [1.165, 1.54) is 11.8 Å². The summed E-state index contributed by atoms with van der Waals surface area (Å²) in [4.78, 5) is 25.8. The molecule has 0 bridgehead atoms. The molecule has 0 aromatic heterocycles. The molecule has 0 unspecified atom stereocenters. The maximum atomic E-state index is 12.4. The molecule has 0 saturated heterocycles. The van der Waals surface area contributed by atoms with Crippen molar-refractivity contribution in [2.75, 3.05) is 18.5 Å². The first-order valence-corrected chi connectivity index (χ1v) is 8.32. The Labute approximate surface area is 148 Å². The molecule has 5 nitrogen and oxygen atoms in total. The molecule has 0 saturated carbocycles. The van der Waals surface area contributed by atoms with Crippen LogP contribution in [0.5, 0.6) is 5.75 Å². The Bertz CT molecular complexity index is 726. The quantitative estimate of drug-likeness (QED) is 0.840. The molecule has 2 rings (SSSR count). The molecule has 0 fully saturated rings. The van der Waals surface area contributed by atoms with Gasteiger partial charge in [0, 0.05) is 13.5 Å². The number of nitrogens with one attached hydrogen (secondary N) is 1. The van der Waals surface area contributed by atoms with E-state index in [4.69, 9.17) is 4.74 Å². The number of benzene rings is 2. The number of hydrogen-bond donors (Lipinski definition) is 1. The molecule has 0 aliphatic carbocycles. The molecular weight excluding hydrogens is 316 g/mol. The number of ether oxygens (including phenoxy) is 1. The Morgan fingerprint density at radius 3 is 2.40 bits per heavy atom. The molecule has 25 heavy (non-hydrogen) atoms. The number of nitrogens with zero attached hydrogens (tertiary/aromatic N) is 1. The Morgan fingerprint density at radius 2 is 1.76 bits per heavy atom. The second-order valence-corrected chi connectivity index (χ2v) is 5.84. The van der Waals surface area contributed by atoms with Crippen molar-refractivity contribution in [2.24, 2.45) is 0 Å². The van der Waals surface area contributed by atoms with Crippen molar-refractivity contribution in [1.82, 2.24) is 4.90 Å². The van der Waals surface area contributed by atoms with Crippen LogP contribution in [-0.4, -0.2) is 29.9 Å². The van der Waals surface area contributed by atoms with Crippen molar-refractivity contribution in [2.45, 2.75) is 27.3 Å². The molecule has 2 aromatic carbocycles. The highest BCUT2D eigenvalue weighted by Crippen LogP contribution is 2.23. The summed E-state index contributed by atoms with van der Waals surface area (Å²) in [7, 11) is 0. The van der Waals surface area contributed by atoms with Gasteiger partial charge in [0.25, 0.3) is 0 Å². The van der Waals surface area contributed by atoms with Gasteiger partial charge in [0.15, 0.2) is 0 Å². The van der Waals surface area contributed by atoms with E-state index >= 15 is 0 Å². The largest absolute Gasteiger partial charge is 0.492 e. The third kappa shape index (κ3) is 5.64. The van der Waals surface area contributed by atoms with Crippen LogP contribution in [0.2, 0.25) is 0 Å². The summed E-state index contributed by atoms with van der Waals surface area (Å²) < 4.78 is 5.50. The third-order valence-corrected chi connectivity index (χ3v) is 3.73. The van der Waals surface area contributed by atoms with Crippen molar-refractivity contribution >= 4 is 17.5 Å². The maximum absolute atomic E-state index is 12.4. The SMILES string of the molecule is CCOc1ccccc1NC(=O)CN(Cc1ccc(C)cc1)C(C)=O. The van der Waals surface area contributed by atoms with E-state index in [0.717, 1.165) is 11.1 Å². The van der Waals surface area contributed by atoms with E-state index in [0.29, 0.717) is 24.6 Å². The van der Waals surface area contributed by atoms with E-state index in [1.54, 1.807) is 12.1 Å². The second-order valence-electron chi connectivity index (χ2n) is 5.84. The van der Waals surface area contributed by atoms with E-state index in [9.17, 15) is 9.59 Å². The lowest BCUT2D eigenvalue weighted by Gasteiger charge is -2.21. The van der Waals surface area contributed by atoms with Crippen molar-refractivity contribution in [3.8, 4) is 5.75 Å². The van der Waals surface area contributed by atoms with Crippen molar-refractivity contribution in [1.29, 1.82) is 0 Å². The van der Waals surface area contributed by atoms with Gasteiger partial charge in [-0.25, -0.2) is 0 Å². The van der Waals surface area contributed by atoms with Gasteiger partial charge in [-0.05, 0) is 31.5 Å². The van der Waals surface area contributed by atoms with Crippen LogP contribution in [-0.2, 0) is 16.1 Å². The zero-order valence-corrected chi connectivity index (χ0v) is 14.9. The number of para-hydroxylation sites is 2. The molecule has 0 atom stereocenters. The van der Waals surface area contributed by atoms with E-state index in [2.05, 4.69) is 5.32 Å². The number of aryl methyl sites for hydroxylation is 1. The first-order valence-electron chi connectivity index (χ1n) is 8.32. The smallest absolute Gasteiger partial charge is 0.244 e. The maximum Gasteiger partial charge on any atom is 0.244 e. The predicted molar refractivity (Wildman–Crippen MR) is 98.5 cm³/mol. The second kappa shape index (κ2) is 8.87. The van der Waals surface area contributed by atoms with Gasteiger partial charge in [-0.15, -0.1) is 0 Å². The van der Waals surface area contributed by atoms with Crippen LogP contribution in [0.1, 0.15) is 25.0 Å². The summed E-state index contributed by atoms with van der Waals surface area (Å²) in [6.45, 7) is 6.27. The molecule has 2 amide bonds. The van der Waals surface area contributed by atoms with Crippen LogP contribution in [0.25, 0.3) is 0 Å². The average molecular weight is 340 g/mol. The molecular formula is C20H24N2O3. The molecule has 1 N–H and O–H groups in total. The standard InChI is InChI=1S/C20H24N2O3/c1-4-25-19-8-6-5-7-18(19)21-20(24)14-22(16(3)23)13-17-11-9-15(2)10-12-17/h5-12H,4,13-14H2,1-3H3,(H,21,24). The van der Waals surface area contributed by atoms with Gasteiger partial charge in [0.1, 0.15) is 12.3 Å². The minimum atomic E-state index is -0.255. The van der Waals surface area contributed by atoms with E-state index in [-0.39, 0.29) is 18.4 Å². The molecule has 0 aliphatic heterocycles. The fraction of sp³-hybridized carbons (Fsp3) is 0.300. The number of amides is 2. The fourth-order valence-electron chi connectivity index (χ4n) is 2.41. The predicted octanol–water partition coefficient (Wildman–Crippen LogP) is 3.38. The van der Waals surface area contributed by atoms with Crippen LogP contribution in [0.3, 0.4) is 0 Å². The van der Waals surface area contributed by atoms with Gasteiger partial charge in [-0.3, -0.25) is 9.59 Å². The number of anilines is 1. The lowest BCUT2D eigenvalue weighted by atomic mass is 10.1. The Morgan fingerprint density at radius 1 is 1.08 bits per heavy atom. The van der Waals surface area contributed by atoms with E-state index in [1.807, 2.05) is 50.2 Å². The first kappa shape index (κ1) is 18.5. The summed E-state index contributed by atoms with van der Waals surface area (Å²) >= 11 is 0. The van der Waals surface area contributed by atoms with Crippen molar-refractivity contribution in [3.63, 3.8) is 0 Å². The van der Waals surface area contributed by atoms with E-state index < -0.39 is 0 Å². The molecule has 5 heteroatoms. The highest BCUT2D eigenvalue weighted by atomic mass is 16.5. The van der Waals surface area contributed by atoms with Gasteiger partial charge in [0.05, 0.1) is 12.3 Å². The van der Waals surface area contributed by atoms with Gasteiger partial charge in [0.2, 0.25) is 11.8 Å². The zero-order chi connectivity index (χ0) is 18.2. The van der Waals surface area contributed by atoms with Gasteiger partial charge < -0.3 is 15.0 Å². The summed E-state index contributed by atoms with van der Waals surface area (Å²) in [6, 6.07) is 15.2. The van der Waals surface area contributed by atoms with Crippen molar-refractivity contribution in [3.05, 3.63) is 59.7 Å². The lowest BCUT2D eigenvalue weighted by molar-refractivity contribution is -0.133. The summed E-state index contributed by atoms with van der Waals surface area (Å²) in [5.74, 6) is 0.217. The summed E-state index contributed by atoms with van der Waals surface area (Å²) in [6.07, 6.45) is 0. The molecule has 0 radical (unpaired) electrons. The Kier molecular flexibility index (Phi) is 6.57. The molecule has 0 spiro atoms. The molecule has 2 aromatic rings. The van der Waals surface area contributed by atoms with Crippen LogP contribution in [0.15, 0.2) is 48.5 Å². The van der Waals surface area contributed by atoms with Crippen LogP contribution < -0.4 is 10.1 Å². The van der Waals surface area contributed by atoms with Gasteiger partial charge in [-0.1, -0.05) is 42.0 Å². The third-order valence-electron chi connectivity index (χ3n) is 3.73. The number of carbonyl (C=O) groups is 2. The van der Waals surface area contributed by atoms with Crippen LogP contribution >= 0.6 is 0 Å². The zero-order valence-electron chi connectivity index (χ0n) is 14.9. The Balaban J connectivity index is 2.03. The van der Waals surface area contributed by atoms with Crippen LogP contribution in [0.4, 0.5) is 5.69 Å². The minimum absolute atomic E-state index is 0.0102. The normalized spacial score (nSPS) is 10.2. The van der Waals surface area contributed by atoms with Crippen LogP contribution in [0, 0.1) is 6.92 Å².